The number of aliphatic hydroxyl groups is 1. The summed E-state index contributed by atoms with van der Waals surface area (Å²) in [6.45, 7) is 9.70. The Morgan fingerprint density at radius 2 is 1.78 bits per heavy atom. The summed E-state index contributed by atoms with van der Waals surface area (Å²) >= 11 is 1.59. The fourth-order valence-electron chi connectivity index (χ4n) is 6.50. The third-order valence-corrected chi connectivity index (χ3v) is 10.0. The number of hydrogen-bond donors (Lipinski definition) is 1. The van der Waals surface area contributed by atoms with Crippen LogP contribution in [0.3, 0.4) is 0 Å². The van der Waals surface area contributed by atoms with Crippen molar-refractivity contribution in [3.63, 3.8) is 0 Å². The average Bonchev–Trinajstić information content (AvgIpc) is 3.22. The molecule has 0 aromatic rings. The molecule has 3 saturated heterocycles. The van der Waals surface area contributed by atoms with Gasteiger partial charge in [-0.2, -0.15) is 0 Å². The molecule has 1 spiro atoms. The zero-order valence-electron chi connectivity index (χ0n) is 21.3. The summed E-state index contributed by atoms with van der Waals surface area (Å²) in [6, 6.07) is -1.25. The van der Waals surface area contributed by atoms with Crippen molar-refractivity contribution in [2.75, 3.05) is 65.6 Å². The van der Waals surface area contributed by atoms with E-state index in [2.05, 4.69) is 11.0 Å². The van der Waals surface area contributed by atoms with E-state index < -0.39 is 28.7 Å². The van der Waals surface area contributed by atoms with Gasteiger partial charge in [-0.25, -0.2) is 0 Å². The lowest BCUT2D eigenvalue weighted by Crippen LogP contribution is -2.56. The SMILES string of the molecule is CCCN1CC=C[C@H]2S[C@]34C=CCN(CCN5CCOCC5)C(=O)C3N([C@H](C)CO)C(=O)[C@@H]4[C@H]2C1=O. The fourth-order valence-corrected chi connectivity index (χ4v) is 8.49. The molecule has 5 aliphatic heterocycles. The molecule has 6 atom stereocenters. The van der Waals surface area contributed by atoms with Crippen LogP contribution in [-0.4, -0.2) is 130 Å². The maximum absolute atomic E-state index is 14.2. The lowest BCUT2D eigenvalue weighted by Gasteiger charge is -2.38. The van der Waals surface area contributed by atoms with Gasteiger partial charge in [0.25, 0.3) is 0 Å². The number of fused-ring (bicyclic) bond motifs is 2. The van der Waals surface area contributed by atoms with Gasteiger partial charge in [0.1, 0.15) is 6.04 Å². The highest BCUT2D eigenvalue weighted by Crippen LogP contribution is 2.61. The molecule has 0 aliphatic carbocycles. The van der Waals surface area contributed by atoms with Gasteiger partial charge >= 0.3 is 0 Å². The minimum absolute atomic E-state index is 0.00101. The summed E-state index contributed by atoms with van der Waals surface area (Å²) in [5.74, 6) is -1.41. The van der Waals surface area contributed by atoms with Crippen molar-refractivity contribution in [1.82, 2.24) is 19.6 Å². The number of aliphatic hydroxyl groups excluding tert-OH is 1. The van der Waals surface area contributed by atoms with Crippen LogP contribution in [-0.2, 0) is 19.1 Å². The second-order valence-electron chi connectivity index (χ2n) is 10.5. The molecule has 3 amide bonds. The van der Waals surface area contributed by atoms with Crippen LogP contribution in [0.4, 0.5) is 0 Å². The summed E-state index contributed by atoms with van der Waals surface area (Å²) in [6.07, 6.45) is 9.01. The van der Waals surface area contributed by atoms with E-state index in [1.54, 1.807) is 23.6 Å². The van der Waals surface area contributed by atoms with Crippen LogP contribution in [0.1, 0.15) is 20.3 Å². The molecule has 5 aliphatic rings. The summed E-state index contributed by atoms with van der Waals surface area (Å²) in [4.78, 5) is 49.6. The Bertz CT molecular complexity index is 937. The first kappa shape index (κ1) is 25.8. The normalized spacial score (nSPS) is 35.5. The van der Waals surface area contributed by atoms with Crippen LogP contribution < -0.4 is 0 Å². The van der Waals surface area contributed by atoms with Crippen LogP contribution in [0.15, 0.2) is 24.3 Å². The molecule has 10 heteroatoms. The van der Waals surface area contributed by atoms with E-state index in [1.807, 2.05) is 35.0 Å². The Hall–Kier alpha value is -1.88. The predicted octanol–water partition coefficient (Wildman–Crippen LogP) is 0.204. The second-order valence-corrected chi connectivity index (χ2v) is 12.0. The molecule has 1 N–H and O–H groups in total. The number of carbonyl (C=O) groups is 3. The molecule has 5 rings (SSSR count). The Morgan fingerprint density at radius 1 is 1.06 bits per heavy atom. The van der Waals surface area contributed by atoms with E-state index in [-0.39, 0.29) is 29.6 Å². The van der Waals surface area contributed by atoms with E-state index in [1.165, 1.54) is 0 Å². The van der Waals surface area contributed by atoms with E-state index >= 15 is 0 Å². The Kier molecular flexibility index (Phi) is 7.49. The third-order valence-electron chi connectivity index (χ3n) is 8.29. The van der Waals surface area contributed by atoms with Crippen molar-refractivity contribution in [2.24, 2.45) is 11.8 Å². The number of hydrogen-bond acceptors (Lipinski definition) is 7. The van der Waals surface area contributed by atoms with Gasteiger partial charge < -0.3 is 24.5 Å². The smallest absolute Gasteiger partial charge is 0.247 e. The number of rotatable bonds is 7. The number of morpholine rings is 1. The average molecular weight is 519 g/mol. The molecule has 198 valence electrons. The fraction of sp³-hybridized carbons (Fsp3) is 0.731. The van der Waals surface area contributed by atoms with Gasteiger partial charge in [-0.15, -0.1) is 11.8 Å². The molecule has 0 bridgehead atoms. The first-order chi connectivity index (χ1) is 17.4. The molecule has 0 aromatic carbocycles. The first-order valence-electron chi connectivity index (χ1n) is 13.3. The van der Waals surface area contributed by atoms with Gasteiger partial charge in [0.15, 0.2) is 0 Å². The molecule has 0 aromatic heterocycles. The third kappa shape index (κ3) is 4.19. The van der Waals surface area contributed by atoms with Crippen molar-refractivity contribution in [2.45, 2.75) is 42.3 Å². The first-order valence-corrected chi connectivity index (χ1v) is 14.1. The monoisotopic (exact) mass is 518 g/mol. The van der Waals surface area contributed by atoms with Gasteiger partial charge in [0.2, 0.25) is 17.7 Å². The standard InChI is InChI=1S/C26H38N4O5S/c1-3-8-28-9-4-6-19-20(23(28)32)21-24(33)30(18(2)17-31)22-25(34)29(10-5-7-26(21,22)36-19)12-11-27-13-15-35-16-14-27/h4-7,18-22,31H,3,8-17H2,1-2H3/t18-,19-,20+,21+,22?,26+/m1/s1. The Labute approximate surface area is 217 Å². The number of thioether (sulfide) groups is 1. The topological polar surface area (TPSA) is 93.6 Å². The van der Waals surface area contributed by atoms with Crippen LogP contribution in [0.2, 0.25) is 0 Å². The number of amides is 3. The molecule has 36 heavy (non-hydrogen) atoms. The van der Waals surface area contributed by atoms with Crippen molar-refractivity contribution < 1.29 is 24.2 Å². The quantitative estimate of drug-likeness (QED) is 0.482. The minimum Gasteiger partial charge on any atom is -0.394 e. The number of nitrogens with zero attached hydrogens (tertiary/aromatic N) is 4. The second kappa shape index (κ2) is 10.5. The van der Waals surface area contributed by atoms with Gasteiger partial charge in [-0.05, 0) is 13.3 Å². The van der Waals surface area contributed by atoms with Gasteiger partial charge in [0, 0.05) is 51.1 Å². The van der Waals surface area contributed by atoms with Crippen molar-refractivity contribution in [3.05, 3.63) is 24.3 Å². The van der Waals surface area contributed by atoms with Crippen molar-refractivity contribution in [1.29, 1.82) is 0 Å². The van der Waals surface area contributed by atoms with Crippen LogP contribution >= 0.6 is 11.8 Å². The maximum atomic E-state index is 14.2. The van der Waals surface area contributed by atoms with Crippen molar-refractivity contribution in [3.8, 4) is 0 Å². The summed E-state index contributed by atoms with van der Waals surface area (Å²) in [5.41, 5.74) is 0. The molecule has 3 fully saturated rings. The van der Waals surface area contributed by atoms with E-state index in [9.17, 15) is 19.5 Å². The highest BCUT2D eigenvalue weighted by atomic mass is 32.2. The summed E-state index contributed by atoms with van der Waals surface area (Å²) in [7, 11) is 0. The number of likely N-dealkylation sites (tertiary alicyclic amines) is 1. The highest BCUT2D eigenvalue weighted by molar-refractivity contribution is 8.02. The molecule has 1 unspecified atom stereocenters. The molecule has 0 saturated carbocycles. The summed E-state index contributed by atoms with van der Waals surface area (Å²) < 4.78 is 4.62. The van der Waals surface area contributed by atoms with Gasteiger partial charge in [0.05, 0.1) is 42.4 Å². The van der Waals surface area contributed by atoms with Crippen molar-refractivity contribution >= 4 is 29.5 Å². The zero-order chi connectivity index (χ0) is 25.4. The Balaban J connectivity index is 1.48. The van der Waals surface area contributed by atoms with Gasteiger partial charge in [-0.3, -0.25) is 19.3 Å². The molecule has 9 nitrogen and oxygen atoms in total. The highest BCUT2D eigenvalue weighted by Gasteiger charge is 2.71. The van der Waals surface area contributed by atoms with E-state index in [0.717, 1.165) is 26.1 Å². The zero-order valence-corrected chi connectivity index (χ0v) is 22.1. The Morgan fingerprint density at radius 3 is 2.50 bits per heavy atom. The molecule has 0 radical (unpaired) electrons. The number of carbonyl (C=O) groups excluding carboxylic acids is 3. The molecular weight excluding hydrogens is 480 g/mol. The van der Waals surface area contributed by atoms with Crippen LogP contribution in [0.25, 0.3) is 0 Å². The largest absolute Gasteiger partial charge is 0.394 e. The van der Waals surface area contributed by atoms with Gasteiger partial charge in [-0.1, -0.05) is 31.2 Å². The van der Waals surface area contributed by atoms with Crippen LogP contribution in [0, 0.1) is 11.8 Å². The molecular formula is C26H38N4O5S. The maximum Gasteiger partial charge on any atom is 0.247 e. The molecule has 5 heterocycles. The van der Waals surface area contributed by atoms with E-state index in [4.69, 9.17) is 4.74 Å². The van der Waals surface area contributed by atoms with E-state index in [0.29, 0.717) is 39.4 Å². The number of ether oxygens (including phenoxy) is 1. The minimum atomic E-state index is -0.824. The predicted molar refractivity (Wildman–Crippen MR) is 137 cm³/mol. The lowest BCUT2D eigenvalue weighted by atomic mass is 9.78. The summed E-state index contributed by atoms with van der Waals surface area (Å²) in [5, 5.41) is 9.90. The lowest BCUT2D eigenvalue weighted by molar-refractivity contribution is -0.146. The van der Waals surface area contributed by atoms with Crippen LogP contribution in [0.5, 0.6) is 0 Å².